The van der Waals surface area contributed by atoms with Crippen molar-refractivity contribution in [3.8, 4) is 0 Å². The molecule has 28 heavy (non-hydrogen) atoms. The number of fused-ring (bicyclic) bond motifs is 7. The summed E-state index contributed by atoms with van der Waals surface area (Å²) < 4.78 is 0. The minimum atomic E-state index is -0.944. The SMILES string of the molecule is CCCCN1C(=O)[C@H]2[C@@H](C1=O)[C@]1(C(=O)Nc3c(CC)cccc31)[NH+]1CCC[C@@H]21. The first-order valence-corrected chi connectivity index (χ1v) is 10.7. The van der Waals surface area contributed by atoms with E-state index in [-0.39, 0.29) is 29.7 Å². The number of nitrogens with zero attached hydrogens (tertiary/aromatic N) is 1. The van der Waals surface area contributed by atoms with Crippen LogP contribution in [0.2, 0.25) is 0 Å². The molecule has 5 atom stereocenters. The Labute approximate surface area is 165 Å². The van der Waals surface area contributed by atoms with Crippen molar-refractivity contribution in [1.29, 1.82) is 0 Å². The molecule has 3 fully saturated rings. The van der Waals surface area contributed by atoms with Gasteiger partial charge in [0.15, 0.2) is 0 Å². The van der Waals surface area contributed by atoms with Crippen LogP contribution in [0, 0.1) is 11.8 Å². The van der Waals surface area contributed by atoms with E-state index in [0.717, 1.165) is 60.4 Å². The number of benzene rings is 1. The zero-order valence-corrected chi connectivity index (χ0v) is 16.6. The zero-order valence-electron chi connectivity index (χ0n) is 16.6. The summed E-state index contributed by atoms with van der Waals surface area (Å²) in [6.45, 7) is 5.45. The number of nitrogens with one attached hydrogen (secondary N) is 2. The lowest BCUT2D eigenvalue weighted by Gasteiger charge is -2.33. The molecule has 3 saturated heterocycles. The monoisotopic (exact) mass is 382 g/mol. The van der Waals surface area contributed by atoms with E-state index in [9.17, 15) is 14.4 Å². The molecule has 4 heterocycles. The van der Waals surface area contributed by atoms with E-state index in [4.69, 9.17) is 0 Å². The summed E-state index contributed by atoms with van der Waals surface area (Å²) >= 11 is 0. The lowest BCUT2D eigenvalue weighted by atomic mass is 9.75. The molecule has 1 aromatic carbocycles. The van der Waals surface area contributed by atoms with Gasteiger partial charge in [0.1, 0.15) is 17.9 Å². The number of amides is 3. The van der Waals surface area contributed by atoms with Gasteiger partial charge in [0.25, 0.3) is 5.91 Å². The predicted octanol–water partition coefficient (Wildman–Crippen LogP) is 0.859. The molecule has 6 nitrogen and oxygen atoms in total. The first-order valence-electron chi connectivity index (χ1n) is 10.7. The first-order chi connectivity index (χ1) is 13.6. The highest BCUT2D eigenvalue weighted by Gasteiger charge is 2.78. The van der Waals surface area contributed by atoms with Crippen molar-refractivity contribution in [2.45, 2.75) is 57.5 Å². The Morgan fingerprint density at radius 3 is 2.79 bits per heavy atom. The zero-order chi connectivity index (χ0) is 19.6. The number of aryl methyl sites for hydroxylation is 1. The Hall–Kier alpha value is -2.21. The maximum Gasteiger partial charge on any atom is 0.291 e. The van der Waals surface area contributed by atoms with Gasteiger partial charge >= 0.3 is 0 Å². The van der Waals surface area contributed by atoms with Gasteiger partial charge in [-0.3, -0.25) is 19.3 Å². The average molecular weight is 382 g/mol. The van der Waals surface area contributed by atoms with Crippen molar-refractivity contribution < 1.29 is 19.3 Å². The third kappa shape index (κ3) is 1.94. The molecular weight excluding hydrogens is 354 g/mol. The summed E-state index contributed by atoms with van der Waals surface area (Å²) in [4.78, 5) is 43.0. The van der Waals surface area contributed by atoms with E-state index in [1.54, 1.807) is 0 Å². The largest absolute Gasteiger partial charge is 0.320 e. The van der Waals surface area contributed by atoms with Crippen molar-refractivity contribution in [3.05, 3.63) is 29.3 Å². The number of para-hydroxylation sites is 1. The second-order valence-corrected chi connectivity index (χ2v) is 8.66. The van der Waals surface area contributed by atoms with Gasteiger partial charge in [0.05, 0.1) is 12.2 Å². The molecule has 1 unspecified atom stereocenters. The van der Waals surface area contributed by atoms with E-state index in [2.05, 4.69) is 19.2 Å². The smallest absolute Gasteiger partial charge is 0.291 e. The van der Waals surface area contributed by atoms with Crippen LogP contribution in [0.15, 0.2) is 18.2 Å². The van der Waals surface area contributed by atoms with Crippen LogP contribution in [-0.4, -0.2) is 41.8 Å². The lowest BCUT2D eigenvalue weighted by molar-refractivity contribution is -0.948. The molecule has 0 aromatic heterocycles. The third-order valence-electron chi connectivity index (χ3n) is 7.55. The Morgan fingerprint density at radius 1 is 1.21 bits per heavy atom. The third-order valence-corrected chi connectivity index (χ3v) is 7.55. The van der Waals surface area contributed by atoms with E-state index in [0.29, 0.717) is 6.54 Å². The standard InChI is InChI=1S/C22H27N3O3/c1-3-5-11-24-19(26)16-15-10-7-12-25(15)22(17(16)20(24)27)14-9-6-8-13(4-2)18(14)23-21(22)28/h6,8-9,15-17H,3-5,7,10-12H2,1-2H3,(H,23,28)/p+1/t15-,16+,17-,22+/m0/s1. The van der Waals surface area contributed by atoms with Crippen LogP contribution in [0.3, 0.4) is 0 Å². The number of imide groups is 1. The van der Waals surface area contributed by atoms with Gasteiger partial charge < -0.3 is 10.2 Å². The van der Waals surface area contributed by atoms with Crippen LogP contribution >= 0.6 is 0 Å². The van der Waals surface area contributed by atoms with E-state index in [1.807, 2.05) is 18.2 Å². The predicted molar refractivity (Wildman–Crippen MR) is 104 cm³/mol. The fraction of sp³-hybridized carbons (Fsp3) is 0.591. The highest BCUT2D eigenvalue weighted by atomic mass is 16.2. The van der Waals surface area contributed by atoms with E-state index >= 15 is 0 Å². The Kier molecular flexibility index (Phi) is 3.92. The van der Waals surface area contributed by atoms with E-state index in [1.165, 1.54) is 4.90 Å². The number of likely N-dealkylation sites (tertiary alicyclic amines) is 1. The Balaban J connectivity index is 1.69. The number of quaternary nitrogens is 1. The first kappa shape index (κ1) is 17.9. The number of hydrogen-bond acceptors (Lipinski definition) is 3. The number of rotatable bonds is 4. The van der Waals surface area contributed by atoms with Gasteiger partial charge in [0, 0.05) is 24.9 Å². The molecule has 4 aliphatic heterocycles. The highest BCUT2D eigenvalue weighted by molar-refractivity contribution is 6.14. The molecule has 0 radical (unpaired) electrons. The number of anilines is 1. The fourth-order valence-electron chi connectivity index (χ4n) is 6.44. The van der Waals surface area contributed by atoms with Gasteiger partial charge in [0.2, 0.25) is 17.4 Å². The normalized spacial score (nSPS) is 35.5. The van der Waals surface area contributed by atoms with Crippen molar-refractivity contribution >= 4 is 23.4 Å². The minimum absolute atomic E-state index is 0.0439. The second kappa shape index (κ2) is 6.14. The van der Waals surface area contributed by atoms with Crippen molar-refractivity contribution in [2.24, 2.45) is 11.8 Å². The summed E-state index contributed by atoms with van der Waals surface area (Å²) in [6, 6.07) is 6.10. The summed E-state index contributed by atoms with van der Waals surface area (Å²) in [6.07, 6.45) is 4.48. The van der Waals surface area contributed by atoms with Crippen molar-refractivity contribution in [2.75, 3.05) is 18.4 Å². The molecule has 1 spiro atoms. The van der Waals surface area contributed by atoms with Crippen LogP contribution in [0.25, 0.3) is 0 Å². The number of carbonyl (C=O) groups is 3. The van der Waals surface area contributed by atoms with Crippen LogP contribution in [0.1, 0.15) is 50.7 Å². The molecule has 0 bridgehead atoms. The van der Waals surface area contributed by atoms with Gasteiger partial charge in [-0.1, -0.05) is 38.5 Å². The molecular formula is C22H28N3O3+. The molecule has 0 aliphatic carbocycles. The lowest BCUT2D eigenvalue weighted by Crippen LogP contribution is -3.19. The molecule has 5 rings (SSSR count). The molecule has 1 aromatic rings. The molecule has 3 amide bonds. The van der Waals surface area contributed by atoms with Crippen molar-refractivity contribution in [3.63, 3.8) is 0 Å². The molecule has 0 saturated carbocycles. The van der Waals surface area contributed by atoms with Crippen LogP contribution < -0.4 is 10.2 Å². The second-order valence-electron chi connectivity index (χ2n) is 8.66. The molecule has 148 valence electrons. The number of unbranched alkanes of at least 4 members (excludes halogenated alkanes) is 1. The van der Waals surface area contributed by atoms with Crippen LogP contribution in [0.4, 0.5) is 5.69 Å². The summed E-state index contributed by atoms with van der Waals surface area (Å²) in [7, 11) is 0. The summed E-state index contributed by atoms with van der Waals surface area (Å²) in [5, 5.41) is 3.13. The maximum atomic E-state index is 13.6. The summed E-state index contributed by atoms with van der Waals surface area (Å²) in [5.74, 6) is -1.18. The van der Waals surface area contributed by atoms with Crippen LogP contribution in [-0.2, 0) is 26.3 Å². The fourth-order valence-corrected chi connectivity index (χ4v) is 6.44. The van der Waals surface area contributed by atoms with Gasteiger partial charge in [-0.15, -0.1) is 0 Å². The average Bonchev–Trinajstić information content (AvgIpc) is 3.39. The molecule has 2 N–H and O–H groups in total. The quantitative estimate of drug-likeness (QED) is 0.759. The highest BCUT2D eigenvalue weighted by Crippen LogP contribution is 2.52. The van der Waals surface area contributed by atoms with Gasteiger partial charge in [-0.2, -0.15) is 0 Å². The Bertz CT molecular complexity index is 882. The van der Waals surface area contributed by atoms with Crippen LogP contribution in [0.5, 0.6) is 0 Å². The molecule has 4 aliphatic rings. The van der Waals surface area contributed by atoms with Crippen molar-refractivity contribution in [1.82, 2.24) is 4.90 Å². The van der Waals surface area contributed by atoms with Gasteiger partial charge in [-0.05, 0) is 18.4 Å². The number of hydrogen-bond donors (Lipinski definition) is 2. The summed E-state index contributed by atoms with van der Waals surface area (Å²) in [5.41, 5.74) is 1.96. The van der Waals surface area contributed by atoms with Gasteiger partial charge in [-0.25, -0.2) is 0 Å². The van der Waals surface area contributed by atoms with E-state index < -0.39 is 11.5 Å². The topological polar surface area (TPSA) is 70.9 Å². The number of carbonyl (C=O) groups excluding carboxylic acids is 3. The maximum absolute atomic E-state index is 13.6. The minimum Gasteiger partial charge on any atom is -0.320 e. The Morgan fingerprint density at radius 2 is 2.04 bits per heavy atom. The molecule has 6 heteroatoms.